The molecule has 1 unspecified atom stereocenters. The first-order valence-electron chi connectivity index (χ1n) is 10.8. The SMILES string of the molecule is CC(=O)CN1[C@@H]2C=C[C@H]1CC(CC(C)(C)C(=O)C1=C(C)CC=C(C3CC3)O1)C2. The molecule has 2 fully saturated rings. The highest BCUT2D eigenvalue weighted by Crippen LogP contribution is 2.44. The maximum Gasteiger partial charge on any atom is 0.203 e. The van der Waals surface area contributed by atoms with E-state index in [0.717, 1.165) is 37.0 Å². The fourth-order valence-electron chi connectivity index (χ4n) is 5.16. The average molecular weight is 384 g/mol. The predicted octanol–water partition coefficient (Wildman–Crippen LogP) is 4.57. The summed E-state index contributed by atoms with van der Waals surface area (Å²) in [5.74, 6) is 3.03. The van der Waals surface area contributed by atoms with Crippen molar-refractivity contribution >= 4 is 11.6 Å². The molecule has 0 radical (unpaired) electrons. The van der Waals surface area contributed by atoms with Gasteiger partial charge in [-0.05, 0) is 69.9 Å². The Morgan fingerprint density at radius 3 is 2.39 bits per heavy atom. The van der Waals surface area contributed by atoms with Gasteiger partial charge in [0.15, 0.2) is 5.76 Å². The van der Waals surface area contributed by atoms with Gasteiger partial charge < -0.3 is 4.74 Å². The van der Waals surface area contributed by atoms with Crippen molar-refractivity contribution in [2.75, 3.05) is 6.54 Å². The number of carbonyl (C=O) groups is 2. The van der Waals surface area contributed by atoms with Gasteiger partial charge in [0, 0.05) is 23.4 Å². The number of fused-ring (bicyclic) bond motifs is 2. The van der Waals surface area contributed by atoms with Gasteiger partial charge in [0.05, 0.1) is 6.54 Å². The second-order valence-corrected chi connectivity index (χ2v) is 9.94. The van der Waals surface area contributed by atoms with Crippen LogP contribution in [-0.2, 0) is 14.3 Å². The Kier molecular flexibility index (Phi) is 5.11. The zero-order valence-corrected chi connectivity index (χ0v) is 17.7. The molecule has 1 aliphatic carbocycles. The highest BCUT2D eigenvalue weighted by molar-refractivity contribution is 5.98. The summed E-state index contributed by atoms with van der Waals surface area (Å²) >= 11 is 0. The Balaban J connectivity index is 1.40. The van der Waals surface area contributed by atoms with Gasteiger partial charge in [-0.25, -0.2) is 0 Å². The predicted molar refractivity (Wildman–Crippen MR) is 109 cm³/mol. The molecule has 4 heteroatoms. The Morgan fingerprint density at radius 1 is 1.18 bits per heavy atom. The summed E-state index contributed by atoms with van der Waals surface area (Å²) < 4.78 is 6.11. The summed E-state index contributed by atoms with van der Waals surface area (Å²) in [4.78, 5) is 27.3. The van der Waals surface area contributed by atoms with E-state index in [1.165, 1.54) is 12.8 Å². The lowest BCUT2D eigenvalue weighted by Gasteiger charge is -2.41. The maximum atomic E-state index is 13.4. The van der Waals surface area contributed by atoms with Gasteiger partial charge in [-0.15, -0.1) is 0 Å². The first kappa shape index (κ1) is 19.6. The molecule has 0 spiro atoms. The van der Waals surface area contributed by atoms with Crippen LogP contribution in [0.25, 0.3) is 0 Å². The quantitative estimate of drug-likeness (QED) is 0.604. The van der Waals surface area contributed by atoms with Crippen LogP contribution in [0.15, 0.2) is 35.3 Å². The Hall–Kier alpha value is -1.68. The number of Topliss-reactive ketones (excluding diaryl/α,β-unsaturated/α-hetero) is 2. The van der Waals surface area contributed by atoms with Crippen LogP contribution in [0.2, 0.25) is 0 Å². The van der Waals surface area contributed by atoms with Crippen LogP contribution in [0.3, 0.4) is 0 Å². The molecule has 0 aromatic carbocycles. The van der Waals surface area contributed by atoms with Crippen molar-refractivity contribution < 1.29 is 14.3 Å². The number of hydrogen-bond donors (Lipinski definition) is 0. The molecule has 0 aromatic heterocycles. The lowest BCUT2D eigenvalue weighted by atomic mass is 9.73. The maximum absolute atomic E-state index is 13.4. The van der Waals surface area contributed by atoms with Gasteiger partial charge in [-0.1, -0.05) is 26.0 Å². The molecule has 0 N–H and O–H groups in total. The number of carbonyl (C=O) groups excluding carboxylic acids is 2. The van der Waals surface area contributed by atoms with Crippen LogP contribution in [0, 0.1) is 17.3 Å². The highest BCUT2D eigenvalue weighted by Gasteiger charge is 2.42. The van der Waals surface area contributed by atoms with E-state index in [2.05, 4.69) is 37.0 Å². The van der Waals surface area contributed by atoms with Crippen molar-refractivity contribution in [2.24, 2.45) is 17.3 Å². The largest absolute Gasteiger partial charge is 0.458 e. The zero-order valence-electron chi connectivity index (χ0n) is 17.7. The molecule has 4 rings (SSSR count). The second-order valence-electron chi connectivity index (χ2n) is 9.94. The van der Waals surface area contributed by atoms with Crippen LogP contribution in [0.4, 0.5) is 0 Å². The third kappa shape index (κ3) is 3.89. The lowest BCUT2D eigenvalue weighted by molar-refractivity contribution is -0.127. The molecule has 4 nitrogen and oxygen atoms in total. The van der Waals surface area contributed by atoms with Gasteiger partial charge >= 0.3 is 0 Å². The fraction of sp³-hybridized carbons (Fsp3) is 0.667. The molecular formula is C24H33NO3. The van der Waals surface area contributed by atoms with E-state index in [-0.39, 0.29) is 11.6 Å². The molecule has 4 aliphatic rings. The molecule has 3 heterocycles. The van der Waals surface area contributed by atoms with Crippen LogP contribution >= 0.6 is 0 Å². The summed E-state index contributed by atoms with van der Waals surface area (Å²) in [7, 11) is 0. The zero-order chi connectivity index (χ0) is 20.1. The number of hydrogen-bond acceptors (Lipinski definition) is 4. The number of ether oxygens (including phenoxy) is 1. The first-order chi connectivity index (χ1) is 13.2. The molecule has 1 saturated heterocycles. The van der Waals surface area contributed by atoms with Crippen molar-refractivity contribution in [3.05, 3.63) is 35.3 Å². The topological polar surface area (TPSA) is 46.6 Å². The number of piperidine rings is 1. The molecule has 3 aliphatic heterocycles. The van der Waals surface area contributed by atoms with E-state index in [9.17, 15) is 9.59 Å². The summed E-state index contributed by atoms with van der Waals surface area (Å²) in [5.41, 5.74) is 0.621. The van der Waals surface area contributed by atoms with E-state index in [1.807, 2.05) is 6.92 Å². The van der Waals surface area contributed by atoms with Crippen molar-refractivity contribution in [1.29, 1.82) is 0 Å². The standard InChI is InChI=1S/C24H33NO3/c1-15-5-10-21(18-6-7-18)28-22(15)23(27)24(3,4)13-17-11-19-8-9-20(12-17)25(19)14-16(2)26/h8-10,17-20H,5-7,11-14H2,1-4H3/t17?,19-,20+. The fourth-order valence-corrected chi connectivity index (χ4v) is 5.16. The number of rotatable bonds is 7. The minimum atomic E-state index is -0.435. The van der Waals surface area contributed by atoms with E-state index in [0.29, 0.717) is 36.2 Å². The molecular weight excluding hydrogens is 350 g/mol. The Bertz CT molecular complexity index is 753. The van der Waals surface area contributed by atoms with Crippen molar-refractivity contribution in [3.8, 4) is 0 Å². The molecule has 1 saturated carbocycles. The summed E-state index contributed by atoms with van der Waals surface area (Å²) in [6, 6.07) is 0.685. The van der Waals surface area contributed by atoms with E-state index < -0.39 is 5.41 Å². The molecule has 0 aromatic rings. The molecule has 3 atom stereocenters. The van der Waals surface area contributed by atoms with E-state index in [1.54, 1.807) is 6.92 Å². The molecule has 2 bridgehead atoms. The van der Waals surface area contributed by atoms with Gasteiger partial charge in [0.2, 0.25) is 5.78 Å². The van der Waals surface area contributed by atoms with Gasteiger partial charge in [0.25, 0.3) is 0 Å². The normalized spacial score (nSPS) is 30.3. The molecule has 0 amide bonds. The third-order valence-electron chi connectivity index (χ3n) is 6.78. The lowest BCUT2D eigenvalue weighted by Crippen LogP contribution is -2.46. The molecule has 152 valence electrons. The second kappa shape index (κ2) is 7.29. The third-order valence-corrected chi connectivity index (χ3v) is 6.78. The summed E-state index contributed by atoms with van der Waals surface area (Å²) in [6.07, 6.45) is 12.8. The van der Waals surface area contributed by atoms with Crippen LogP contribution in [0.1, 0.15) is 66.2 Å². The van der Waals surface area contributed by atoms with Crippen molar-refractivity contribution in [3.63, 3.8) is 0 Å². The smallest absolute Gasteiger partial charge is 0.203 e. The number of nitrogens with zero attached hydrogens (tertiary/aromatic N) is 1. The minimum Gasteiger partial charge on any atom is -0.458 e. The van der Waals surface area contributed by atoms with E-state index >= 15 is 0 Å². The van der Waals surface area contributed by atoms with Crippen molar-refractivity contribution in [2.45, 2.75) is 78.3 Å². The summed E-state index contributed by atoms with van der Waals surface area (Å²) in [6.45, 7) is 8.37. The monoisotopic (exact) mass is 383 g/mol. The highest BCUT2D eigenvalue weighted by atomic mass is 16.5. The van der Waals surface area contributed by atoms with Crippen LogP contribution in [0.5, 0.6) is 0 Å². The van der Waals surface area contributed by atoms with Gasteiger partial charge in [0.1, 0.15) is 11.5 Å². The van der Waals surface area contributed by atoms with Crippen LogP contribution in [-0.4, -0.2) is 35.1 Å². The number of ketones is 2. The minimum absolute atomic E-state index is 0.155. The van der Waals surface area contributed by atoms with Crippen molar-refractivity contribution in [1.82, 2.24) is 4.90 Å². The van der Waals surface area contributed by atoms with Gasteiger partial charge in [-0.3, -0.25) is 14.5 Å². The summed E-state index contributed by atoms with van der Waals surface area (Å²) in [5, 5.41) is 0. The first-order valence-corrected chi connectivity index (χ1v) is 10.8. The van der Waals surface area contributed by atoms with Gasteiger partial charge in [-0.2, -0.15) is 0 Å². The number of allylic oxidation sites excluding steroid dienone is 4. The van der Waals surface area contributed by atoms with E-state index in [4.69, 9.17) is 4.74 Å². The molecule has 28 heavy (non-hydrogen) atoms. The Morgan fingerprint density at radius 2 is 1.82 bits per heavy atom. The average Bonchev–Trinajstić information content (AvgIpc) is 3.43. The van der Waals surface area contributed by atoms with Crippen LogP contribution < -0.4 is 0 Å². The Labute approximate surface area is 168 Å².